The molecule has 2 atom stereocenters. The Morgan fingerprint density at radius 2 is 2.27 bits per heavy atom. The van der Waals surface area contributed by atoms with Crippen LogP contribution in [0.15, 0.2) is 24.3 Å². The number of methoxy groups -OCH3 is 1. The Balaban J connectivity index is 2.03. The van der Waals surface area contributed by atoms with Crippen LogP contribution >= 0.6 is 0 Å². The lowest BCUT2D eigenvalue weighted by atomic mass is 10.1. The summed E-state index contributed by atoms with van der Waals surface area (Å²) in [5, 5.41) is 11.8. The summed E-state index contributed by atoms with van der Waals surface area (Å²) >= 11 is 0. The van der Waals surface area contributed by atoms with Gasteiger partial charge in [0.25, 0.3) is 0 Å². The first-order valence-corrected chi connectivity index (χ1v) is 7.15. The van der Waals surface area contributed by atoms with Crippen molar-refractivity contribution in [1.29, 1.82) is 5.26 Å². The number of nitriles is 1. The number of nitrogens with zero attached hydrogens (tertiary/aromatic N) is 2. The van der Waals surface area contributed by atoms with Gasteiger partial charge in [0.05, 0.1) is 29.8 Å². The van der Waals surface area contributed by atoms with Gasteiger partial charge in [0.1, 0.15) is 6.07 Å². The standard InChI is InChI=1S/C16H19N3O3/c1-11(10-22-2)19-9-13(7-15(19)20)16(21)18-14-6-4-3-5-12(14)8-17/h3-6,11,13H,7,9-10H2,1-2H3,(H,18,21)/t11-,13-/m0/s1. The molecule has 6 heteroatoms. The number of carbonyl (C=O) groups is 2. The molecular weight excluding hydrogens is 282 g/mol. The lowest BCUT2D eigenvalue weighted by Crippen LogP contribution is -2.38. The third-order valence-electron chi connectivity index (χ3n) is 3.77. The van der Waals surface area contributed by atoms with Crippen LogP contribution in [-0.4, -0.2) is 43.0 Å². The fourth-order valence-electron chi connectivity index (χ4n) is 2.59. The molecule has 1 saturated heterocycles. The molecule has 1 aromatic carbocycles. The van der Waals surface area contributed by atoms with Gasteiger partial charge in [-0.1, -0.05) is 12.1 Å². The minimum Gasteiger partial charge on any atom is -0.383 e. The molecule has 0 aliphatic carbocycles. The third kappa shape index (κ3) is 3.43. The molecule has 0 saturated carbocycles. The number of rotatable bonds is 5. The number of hydrogen-bond acceptors (Lipinski definition) is 4. The van der Waals surface area contributed by atoms with Crippen LogP contribution in [0.5, 0.6) is 0 Å². The maximum absolute atomic E-state index is 12.3. The predicted octanol–water partition coefficient (Wildman–Crippen LogP) is 1.38. The fraction of sp³-hybridized carbons (Fsp3) is 0.438. The van der Waals surface area contributed by atoms with Crippen LogP contribution in [0.25, 0.3) is 0 Å². The number of benzene rings is 1. The average molecular weight is 301 g/mol. The van der Waals surface area contributed by atoms with Crippen molar-refractivity contribution in [3.05, 3.63) is 29.8 Å². The monoisotopic (exact) mass is 301 g/mol. The zero-order valence-electron chi connectivity index (χ0n) is 12.7. The van der Waals surface area contributed by atoms with Crippen molar-refractivity contribution in [2.24, 2.45) is 5.92 Å². The number of carbonyl (C=O) groups excluding carboxylic acids is 2. The second-order valence-electron chi connectivity index (χ2n) is 5.40. The average Bonchev–Trinajstić information content (AvgIpc) is 2.90. The SMILES string of the molecule is COC[C@H](C)N1C[C@@H](C(=O)Nc2ccccc2C#N)CC1=O. The Kier molecular flexibility index (Phi) is 5.12. The normalized spacial score (nSPS) is 18.9. The summed E-state index contributed by atoms with van der Waals surface area (Å²) in [7, 11) is 1.58. The second kappa shape index (κ2) is 7.05. The van der Waals surface area contributed by atoms with Crippen LogP contribution in [-0.2, 0) is 14.3 Å². The summed E-state index contributed by atoms with van der Waals surface area (Å²) in [6.07, 6.45) is 0.189. The van der Waals surface area contributed by atoms with Crippen LogP contribution in [0.2, 0.25) is 0 Å². The molecule has 1 heterocycles. The molecular formula is C16H19N3O3. The first kappa shape index (κ1) is 16.0. The third-order valence-corrected chi connectivity index (χ3v) is 3.77. The van der Waals surface area contributed by atoms with Gasteiger partial charge in [-0.2, -0.15) is 5.26 Å². The van der Waals surface area contributed by atoms with Crippen LogP contribution in [0.1, 0.15) is 18.9 Å². The molecule has 1 aliphatic rings. The van der Waals surface area contributed by atoms with Crippen LogP contribution in [0.4, 0.5) is 5.69 Å². The quantitative estimate of drug-likeness (QED) is 0.890. The Bertz CT molecular complexity index is 609. The van der Waals surface area contributed by atoms with Gasteiger partial charge in [-0.15, -0.1) is 0 Å². The molecule has 6 nitrogen and oxygen atoms in total. The molecule has 0 spiro atoms. The molecule has 22 heavy (non-hydrogen) atoms. The van der Waals surface area contributed by atoms with E-state index < -0.39 is 5.92 Å². The van der Waals surface area contributed by atoms with Crippen molar-refractivity contribution in [1.82, 2.24) is 4.90 Å². The fourth-order valence-corrected chi connectivity index (χ4v) is 2.59. The van der Waals surface area contributed by atoms with Crippen molar-refractivity contribution < 1.29 is 14.3 Å². The molecule has 1 aliphatic heterocycles. The van der Waals surface area contributed by atoms with E-state index in [-0.39, 0.29) is 24.3 Å². The van der Waals surface area contributed by atoms with Crippen LogP contribution < -0.4 is 5.32 Å². The van der Waals surface area contributed by atoms with Crippen LogP contribution in [0.3, 0.4) is 0 Å². The Hall–Kier alpha value is -2.39. The minimum atomic E-state index is -0.404. The zero-order valence-corrected chi connectivity index (χ0v) is 12.7. The number of ether oxygens (including phenoxy) is 1. The molecule has 0 aromatic heterocycles. The Morgan fingerprint density at radius 1 is 1.55 bits per heavy atom. The van der Waals surface area contributed by atoms with Crippen LogP contribution in [0, 0.1) is 17.2 Å². The molecule has 1 fully saturated rings. The highest BCUT2D eigenvalue weighted by Gasteiger charge is 2.36. The number of amides is 2. The van der Waals surface area contributed by atoms with Gasteiger partial charge >= 0.3 is 0 Å². The van der Waals surface area contributed by atoms with Crippen molar-refractivity contribution in [2.75, 3.05) is 25.6 Å². The van der Waals surface area contributed by atoms with Gasteiger partial charge in [-0.05, 0) is 19.1 Å². The molecule has 0 radical (unpaired) electrons. The van der Waals surface area contributed by atoms with Gasteiger partial charge in [-0.3, -0.25) is 9.59 Å². The highest BCUT2D eigenvalue weighted by Crippen LogP contribution is 2.23. The van der Waals surface area contributed by atoms with E-state index in [4.69, 9.17) is 10.00 Å². The summed E-state index contributed by atoms with van der Waals surface area (Å²) in [5.74, 6) is -0.681. The maximum Gasteiger partial charge on any atom is 0.229 e. The number of nitrogens with one attached hydrogen (secondary N) is 1. The smallest absolute Gasteiger partial charge is 0.229 e. The van der Waals surface area contributed by atoms with Gasteiger partial charge in [0.2, 0.25) is 11.8 Å². The molecule has 2 rings (SSSR count). The number of anilines is 1. The molecule has 2 amide bonds. The number of likely N-dealkylation sites (tertiary alicyclic amines) is 1. The molecule has 116 valence electrons. The zero-order chi connectivity index (χ0) is 16.1. The number of hydrogen-bond donors (Lipinski definition) is 1. The van der Waals surface area contributed by atoms with E-state index in [0.717, 1.165) is 0 Å². The molecule has 1 aromatic rings. The minimum absolute atomic E-state index is 0.0433. The highest BCUT2D eigenvalue weighted by atomic mass is 16.5. The van der Waals surface area contributed by atoms with Crippen molar-refractivity contribution in [3.8, 4) is 6.07 Å². The topological polar surface area (TPSA) is 82.4 Å². The van der Waals surface area contributed by atoms with Gasteiger partial charge < -0.3 is 15.0 Å². The summed E-state index contributed by atoms with van der Waals surface area (Å²) in [5.41, 5.74) is 0.885. The van der Waals surface area contributed by atoms with E-state index in [0.29, 0.717) is 24.4 Å². The van der Waals surface area contributed by atoms with E-state index in [9.17, 15) is 9.59 Å². The predicted molar refractivity (Wildman–Crippen MR) is 80.9 cm³/mol. The van der Waals surface area contributed by atoms with E-state index in [1.54, 1.807) is 36.3 Å². The summed E-state index contributed by atoms with van der Waals surface area (Å²) in [4.78, 5) is 26.0. The first-order valence-electron chi connectivity index (χ1n) is 7.15. The Labute approximate surface area is 129 Å². The first-order chi connectivity index (χ1) is 10.6. The van der Waals surface area contributed by atoms with E-state index in [2.05, 4.69) is 5.32 Å². The van der Waals surface area contributed by atoms with Gasteiger partial charge in [-0.25, -0.2) is 0 Å². The molecule has 0 bridgehead atoms. The molecule has 0 unspecified atom stereocenters. The summed E-state index contributed by atoms with van der Waals surface area (Å²) in [6, 6.07) is 8.79. The van der Waals surface area contributed by atoms with Gasteiger partial charge in [0.15, 0.2) is 0 Å². The second-order valence-corrected chi connectivity index (χ2v) is 5.40. The lowest BCUT2D eigenvalue weighted by Gasteiger charge is -2.23. The molecule has 1 N–H and O–H groups in total. The lowest BCUT2D eigenvalue weighted by molar-refractivity contribution is -0.130. The van der Waals surface area contributed by atoms with E-state index >= 15 is 0 Å². The van der Waals surface area contributed by atoms with E-state index in [1.165, 1.54) is 0 Å². The summed E-state index contributed by atoms with van der Waals surface area (Å²) < 4.78 is 5.06. The summed E-state index contributed by atoms with van der Waals surface area (Å²) in [6.45, 7) is 2.72. The van der Waals surface area contributed by atoms with Crippen molar-refractivity contribution in [2.45, 2.75) is 19.4 Å². The number of para-hydroxylation sites is 1. The van der Waals surface area contributed by atoms with E-state index in [1.807, 2.05) is 13.0 Å². The highest BCUT2D eigenvalue weighted by molar-refractivity contribution is 5.98. The largest absolute Gasteiger partial charge is 0.383 e. The van der Waals surface area contributed by atoms with Crippen molar-refractivity contribution in [3.63, 3.8) is 0 Å². The maximum atomic E-state index is 12.3. The van der Waals surface area contributed by atoms with Gasteiger partial charge in [0, 0.05) is 20.1 Å². The van der Waals surface area contributed by atoms with Crippen molar-refractivity contribution >= 4 is 17.5 Å². The Morgan fingerprint density at radius 3 is 2.95 bits per heavy atom.